The molecule has 0 aliphatic carbocycles. The van der Waals surface area contributed by atoms with Crippen LogP contribution >= 0.6 is 0 Å². The minimum atomic E-state index is 0.351. The average Bonchev–Trinajstić information content (AvgIpc) is 2.64. The maximum absolute atomic E-state index is 4.43. The van der Waals surface area contributed by atoms with Gasteiger partial charge in [-0.2, -0.15) is 0 Å². The van der Waals surface area contributed by atoms with E-state index in [1.807, 2.05) is 6.33 Å². The Morgan fingerprint density at radius 3 is 2.71 bits per heavy atom. The van der Waals surface area contributed by atoms with Gasteiger partial charge in [-0.15, -0.1) is 0 Å². The van der Waals surface area contributed by atoms with Gasteiger partial charge in [-0.1, -0.05) is 34.6 Å². The summed E-state index contributed by atoms with van der Waals surface area (Å²) in [5.41, 5.74) is 1.49. The van der Waals surface area contributed by atoms with E-state index in [1.54, 1.807) is 0 Å². The molecule has 1 aromatic rings. The fraction of sp³-hybridized carbons (Fsp3) is 0.786. The van der Waals surface area contributed by atoms with E-state index in [4.69, 9.17) is 0 Å². The van der Waals surface area contributed by atoms with Gasteiger partial charge in [-0.3, -0.25) is 0 Å². The summed E-state index contributed by atoms with van der Waals surface area (Å²) < 4.78 is 2.20. The number of hydrogen-bond acceptors (Lipinski definition) is 2. The average molecular weight is 237 g/mol. The molecule has 0 fully saturated rings. The lowest BCUT2D eigenvalue weighted by Crippen LogP contribution is -2.19. The highest BCUT2D eigenvalue weighted by Crippen LogP contribution is 2.22. The van der Waals surface area contributed by atoms with Crippen molar-refractivity contribution in [2.75, 3.05) is 6.54 Å². The first-order valence-corrected chi connectivity index (χ1v) is 6.64. The van der Waals surface area contributed by atoms with Crippen LogP contribution in [0.5, 0.6) is 0 Å². The van der Waals surface area contributed by atoms with Crippen molar-refractivity contribution in [2.24, 2.45) is 11.3 Å². The molecule has 98 valence electrons. The standard InChI is InChI=1S/C14H27N3/c1-6-14(4,5)10-17-9-13(16-11-17)8-15-7-12(2)3/h9,11-12,15H,6-8,10H2,1-5H3. The maximum Gasteiger partial charge on any atom is 0.0950 e. The van der Waals surface area contributed by atoms with Crippen LogP contribution in [0.2, 0.25) is 0 Å². The van der Waals surface area contributed by atoms with Crippen LogP contribution in [0, 0.1) is 11.3 Å². The lowest BCUT2D eigenvalue weighted by molar-refractivity contribution is 0.294. The first-order valence-electron chi connectivity index (χ1n) is 6.64. The molecule has 1 aromatic heterocycles. The fourth-order valence-electron chi connectivity index (χ4n) is 1.68. The molecule has 1 heterocycles. The van der Waals surface area contributed by atoms with Gasteiger partial charge in [0.15, 0.2) is 0 Å². The highest BCUT2D eigenvalue weighted by atomic mass is 15.1. The van der Waals surface area contributed by atoms with Gasteiger partial charge < -0.3 is 9.88 Å². The zero-order valence-corrected chi connectivity index (χ0v) is 12.0. The Morgan fingerprint density at radius 2 is 2.12 bits per heavy atom. The van der Waals surface area contributed by atoms with E-state index in [-0.39, 0.29) is 0 Å². The van der Waals surface area contributed by atoms with Gasteiger partial charge >= 0.3 is 0 Å². The van der Waals surface area contributed by atoms with Crippen molar-refractivity contribution >= 4 is 0 Å². The Balaban J connectivity index is 2.43. The van der Waals surface area contributed by atoms with Crippen molar-refractivity contribution < 1.29 is 0 Å². The van der Waals surface area contributed by atoms with Gasteiger partial charge in [0.1, 0.15) is 0 Å². The molecule has 0 aromatic carbocycles. The number of imidazole rings is 1. The molecule has 0 amide bonds. The van der Waals surface area contributed by atoms with Crippen molar-refractivity contribution in [1.82, 2.24) is 14.9 Å². The number of aromatic nitrogens is 2. The van der Waals surface area contributed by atoms with Gasteiger partial charge in [-0.25, -0.2) is 4.98 Å². The summed E-state index contributed by atoms with van der Waals surface area (Å²) in [6, 6.07) is 0. The van der Waals surface area contributed by atoms with Gasteiger partial charge in [0, 0.05) is 19.3 Å². The zero-order chi connectivity index (χ0) is 12.9. The van der Waals surface area contributed by atoms with Gasteiger partial charge in [-0.05, 0) is 24.3 Å². The van der Waals surface area contributed by atoms with E-state index in [0.717, 1.165) is 25.3 Å². The summed E-state index contributed by atoms with van der Waals surface area (Å²) >= 11 is 0. The first-order chi connectivity index (χ1) is 7.93. The smallest absolute Gasteiger partial charge is 0.0950 e. The molecule has 0 radical (unpaired) electrons. The molecular weight excluding hydrogens is 210 g/mol. The topological polar surface area (TPSA) is 29.9 Å². The van der Waals surface area contributed by atoms with Gasteiger partial charge in [0.05, 0.1) is 12.0 Å². The van der Waals surface area contributed by atoms with Crippen LogP contribution in [0.3, 0.4) is 0 Å². The molecule has 0 atom stereocenters. The van der Waals surface area contributed by atoms with Gasteiger partial charge in [0.25, 0.3) is 0 Å². The monoisotopic (exact) mass is 237 g/mol. The minimum absolute atomic E-state index is 0.351. The van der Waals surface area contributed by atoms with Crippen LogP contribution in [-0.4, -0.2) is 16.1 Å². The number of nitrogens with zero attached hydrogens (tertiary/aromatic N) is 2. The maximum atomic E-state index is 4.43. The number of hydrogen-bond donors (Lipinski definition) is 1. The van der Waals surface area contributed by atoms with E-state index in [0.29, 0.717) is 11.3 Å². The van der Waals surface area contributed by atoms with E-state index in [1.165, 1.54) is 6.42 Å². The van der Waals surface area contributed by atoms with Crippen LogP contribution in [0.25, 0.3) is 0 Å². The summed E-state index contributed by atoms with van der Waals surface area (Å²) in [6.07, 6.45) is 5.29. The number of nitrogens with one attached hydrogen (secondary N) is 1. The van der Waals surface area contributed by atoms with Crippen molar-refractivity contribution in [1.29, 1.82) is 0 Å². The molecule has 3 nitrogen and oxygen atoms in total. The fourth-order valence-corrected chi connectivity index (χ4v) is 1.68. The first kappa shape index (κ1) is 14.2. The number of rotatable bonds is 7. The quantitative estimate of drug-likeness (QED) is 0.790. The van der Waals surface area contributed by atoms with Crippen LogP contribution < -0.4 is 5.32 Å². The van der Waals surface area contributed by atoms with Crippen molar-refractivity contribution in [3.8, 4) is 0 Å². The molecule has 3 heteroatoms. The lowest BCUT2D eigenvalue weighted by atomic mass is 9.90. The Hall–Kier alpha value is -0.830. The summed E-state index contributed by atoms with van der Waals surface area (Å²) in [4.78, 5) is 4.43. The second kappa shape index (κ2) is 6.20. The molecule has 0 aliphatic rings. The molecule has 0 saturated carbocycles. The Labute approximate surface area is 106 Å². The van der Waals surface area contributed by atoms with Crippen molar-refractivity contribution in [3.63, 3.8) is 0 Å². The zero-order valence-electron chi connectivity index (χ0n) is 12.0. The third-order valence-corrected chi connectivity index (χ3v) is 3.11. The third kappa shape index (κ3) is 5.35. The molecular formula is C14H27N3. The summed E-state index contributed by atoms with van der Waals surface area (Å²) in [5.74, 6) is 0.691. The molecule has 1 rings (SSSR count). The molecule has 0 unspecified atom stereocenters. The summed E-state index contributed by atoms with van der Waals surface area (Å²) in [5, 5.41) is 3.42. The van der Waals surface area contributed by atoms with E-state index in [2.05, 4.69) is 55.7 Å². The normalized spacial score (nSPS) is 12.4. The van der Waals surface area contributed by atoms with Crippen LogP contribution in [-0.2, 0) is 13.1 Å². The highest BCUT2D eigenvalue weighted by molar-refractivity contribution is 4.96. The minimum Gasteiger partial charge on any atom is -0.337 e. The lowest BCUT2D eigenvalue weighted by Gasteiger charge is -2.22. The van der Waals surface area contributed by atoms with Crippen LogP contribution in [0.4, 0.5) is 0 Å². The Bertz CT molecular complexity index is 326. The largest absolute Gasteiger partial charge is 0.337 e. The summed E-state index contributed by atoms with van der Waals surface area (Å²) in [6.45, 7) is 14.2. The third-order valence-electron chi connectivity index (χ3n) is 3.11. The molecule has 0 saturated heterocycles. The molecule has 0 spiro atoms. The second-order valence-corrected chi connectivity index (χ2v) is 6.08. The molecule has 0 bridgehead atoms. The SMILES string of the molecule is CCC(C)(C)Cn1cnc(CNCC(C)C)c1. The van der Waals surface area contributed by atoms with Crippen molar-refractivity contribution in [3.05, 3.63) is 18.2 Å². The molecule has 1 N–H and O–H groups in total. The Kier molecular flexibility index (Phi) is 5.19. The van der Waals surface area contributed by atoms with E-state index in [9.17, 15) is 0 Å². The molecule has 17 heavy (non-hydrogen) atoms. The van der Waals surface area contributed by atoms with E-state index >= 15 is 0 Å². The predicted molar refractivity (Wildman–Crippen MR) is 72.8 cm³/mol. The second-order valence-electron chi connectivity index (χ2n) is 6.08. The predicted octanol–water partition coefficient (Wildman–Crippen LogP) is 3.06. The van der Waals surface area contributed by atoms with Crippen molar-refractivity contribution in [2.45, 2.75) is 54.1 Å². The Morgan fingerprint density at radius 1 is 1.41 bits per heavy atom. The van der Waals surface area contributed by atoms with Crippen LogP contribution in [0.1, 0.15) is 46.7 Å². The summed E-state index contributed by atoms with van der Waals surface area (Å²) in [7, 11) is 0. The van der Waals surface area contributed by atoms with Crippen LogP contribution in [0.15, 0.2) is 12.5 Å². The van der Waals surface area contributed by atoms with Gasteiger partial charge in [0.2, 0.25) is 0 Å². The molecule has 0 aliphatic heterocycles. The highest BCUT2D eigenvalue weighted by Gasteiger charge is 2.15. The van der Waals surface area contributed by atoms with E-state index < -0.39 is 0 Å².